The largest absolute Gasteiger partial charge is 0.469 e. The van der Waals surface area contributed by atoms with Crippen molar-refractivity contribution < 1.29 is 23.8 Å². The van der Waals surface area contributed by atoms with Gasteiger partial charge in [-0.2, -0.15) is 0 Å². The summed E-state index contributed by atoms with van der Waals surface area (Å²) >= 11 is 0. The van der Waals surface area contributed by atoms with Crippen LogP contribution in [0.5, 0.6) is 0 Å². The first-order valence-corrected chi connectivity index (χ1v) is 6.76. The highest BCUT2D eigenvalue weighted by molar-refractivity contribution is 5.79. The highest BCUT2D eigenvalue weighted by atomic mass is 19.1. The Morgan fingerprint density at radius 2 is 1.90 bits per heavy atom. The predicted octanol–water partition coefficient (Wildman–Crippen LogP) is 1.14. The van der Waals surface area contributed by atoms with E-state index in [1.807, 2.05) is 0 Å². The van der Waals surface area contributed by atoms with Crippen LogP contribution in [0.4, 0.5) is 4.39 Å². The molecule has 0 aliphatic carbocycles. The molecule has 1 rings (SSSR count). The second kappa shape index (κ2) is 9.07. The standard InChI is InChI=1S/C15H20FNO4/c1-21-15(20)7-9-17(8-2-10-18)14(19)11-12-3-5-13(16)6-4-12/h3-6,18H,2,7-11H2,1H3. The second-order valence-electron chi connectivity index (χ2n) is 4.59. The molecule has 0 radical (unpaired) electrons. The normalized spacial score (nSPS) is 10.2. The minimum Gasteiger partial charge on any atom is -0.469 e. The van der Waals surface area contributed by atoms with Gasteiger partial charge in [-0.3, -0.25) is 9.59 Å². The van der Waals surface area contributed by atoms with Gasteiger partial charge in [0.2, 0.25) is 5.91 Å². The number of aliphatic hydroxyl groups excluding tert-OH is 1. The number of aliphatic hydroxyl groups is 1. The Balaban J connectivity index is 2.60. The molecule has 0 spiro atoms. The van der Waals surface area contributed by atoms with Gasteiger partial charge in [0.05, 0.1) is 20.0 Å². The summed E-state index contributed by atoms with van der Waals surface area (Å²) in [4.78, 5) is 24.9. The smallest absolute Gasteiger partial charge is 0.307 e. The van der Waals surface area contributed by atoms with Crippen molar-refractivity contribution in [3.8, 4) is 0 Å². The number of carbonyl (C=O) groups is 2. The van der Waals surface area contributed by atoms with Crippen LogP contribution in [0.1, 0.15) is 18.4 Å². The van der Waals surface area contributed by atoms with E-state index in [1.165, 1.54) is 24.1 Å². The van der Waals surface area contributed by atoms with Crippen molar-refractivity contribution in [2.24, 2.45) is 0 Å². The molecule has 1 N–H and O–H groups in total. The van der Waals surface area contributed by atoms with Gasteiger partial charge in [-0.05, 0) is 24.1 Å². The van der Waals surface area contributed by atoms with Crippen molar-refractivity contribution in [1.82, 2.24) is 4.90 Å². The molecule has 0 atom stereocenters. The first-order chi connectivity index (χ1) is 10.1. The number of halogens is 1. The van der Waals surface area contributed by atoms with Gasteiger partial charge in [-0.25, -0.2) is 4.39 Å². The van der Waals surface area contributed by atoms with Crippen LogP contribution in [0.25, 0.3) is 0 Å². The highest BCUT2D eigenvalue weighted by Gasteiger charge is 2.15. The minimum absolute atomic E-state index is 0.0292. The van der Waals surface area contributed by atoms with E-state index in [0.29, 0.717) is 18.5 Å². The number of rotatable bonds is 8. The molecule has 0 aliphatic rings. The summed E-state index contributed by atoms with van der Waals surface area (Å²) in [6.07, 6.45) is 0.681. The van der Waals surface area contributed by atoms with Crippen LogP contribution in [0, 0.1) is 5.82 Å². The Morgan fingerprint density at radius 3 is 2.48 bits per heavy atom. The van der Waals surface area contributed by atoms with Gasteiger partial charge >= 0.3 is 5.97 Å². The van der Waals surface area contributed by atoms with E-state index >= 15 is 0 Å². The van der Waals surface area contributed by atoms with Gasteiger partial charge in [-0.1, -0.05) is 12.1 Å². The maximum atomic E-state index is 12.8. The predicted molar refractivity (Wildman–Crippen MR) is 75.0 cm³/mol. The fourth-order valence-electron chi connectivity index (χ4n) is 1.84. The molecule has 6 heteroatoms. The van der Waals surface area contributed by atoms with Crippen LogP contribution >= 0.6 is 0 Å². The van der Waals surface area contributed by atoms with E-state index in [0.717, 1.165) is 0 Å². The monoisotopic (exact) mass is 297 g/mol. The molecule has 1 aromatic rings. The fraction of sp³-hybridized carbons (Fsp3) is 0.467. The third-order valence-corrected chi connectivity index (χ3v) is 3.02. The molecule has 1 aromatic carbocycles. The maximum absolute atomic E-state index is 12.8. The van der Waals surface area contributed by atoms with Crippen LogP contribution in [0.3, 0.4) is 0 Å². The Morgan fingerprint density at radius 1 is 1.24 bits per heavy atom. The third kappa shape index (κ3) is 6.35. The molecule has 0 saturated heterocycles. The number of hydrogen-bond donors (Lipinski definition) is 1. The quantitative estimate of drug-likeness (QED) is 0.731. The average molecular weight is 297 g/mol. The molecule has 0 aliphatic heterocycles. The molecular formula is C15H20FNO4. The summed E-state index contributed by atoms with van der Waals surface area (Å²) < 4.78 is 17.4. The van der Waals surface area contributed by atoms with Crippen LogP contribution in [-0.4, -0.2) is 48.7 Å². The molecule has 0 fully saturated rings. The van der Waals surface area contributed by atoms with E-state index in [4.69, 9.17) is 5.11 Å². The Hall–Kier alpha value is -1.95. The molecule has 116 valence electrons. The number of nitrogens with zero attached hydrogens (tertiary/aromatic N) is 1. The number of carbonyl (C=O) groups excluding carboxylic acids is 2. The number of methoxy groups -OCH3 is 1. The van der Waals surface area contributed by atoms with E-state index in [9.17, 15) is 14.0 Å². The van der Waals surface area contributed by atoms with E-state index in [2.05, 4.69) is 4.74 Å². The minimum atomic E-state index is -0.390. The number of benzene rings is 1. The molecule has 0 heterocycles. The van der Waals surface area contributed by atoms with Crippen molar-refractivity contribution in [2.75, 3.05) is 26.8 Å². The molecule has 21 heavy (non-hydrogen) atoms. The Kier molecular flexibility index (Phi) is 7.39. The first-order valence-electron chi connectivity index (χ1n) is 6.76. The number of esters is 1. The molecule has 0 bridgehead atoms. The second-order valence-corrected chi connectivity index (χ2v) is 4.59. The zero-order valence-corrected chi connectivity index (χ0v) is 12.0. The summed E-state index contributed by atoms with van der Waals surface area (Å²) in [5.41, 5.74) is 0.702. The van der Waals surface area contributed by atoms with Gasteiger partial charge < -0.3 is 14.7 Å². The van der Waals surface area contributed by atoms with Crippen LogP contribution in [-0.2, 0) is 20.7 Å². The van der Waals surface area contributed by atoms with Gasteiger partial charge in [0.15, 0.2) is 0 Å². The van der Waals surface area contributed by atoms with Crippen LogP contribution in [0.15, 0.2) is 24.3 Å². The van der Waals surface area contributed by atoms with Gasteiger partial charge in [0.1, 0.15) is 5.82 Å². The zero-order chi connectivity index (χ0) is 15.7. The topological polar surface area (TPSA) is 66.8 Å². The first kappa shape index (κ1) is 17.1. The van der Waals surface area contributed by atoms with Crippen molar-refractivity contribution in [2.45, 2.75) is 19.3 Å². The average Bonchev–Trinajstić information content (AvgIpc) is 2.49. The molecule has 0 unspecified atom stereocenters. The number of amides is 1. The van der Waals surface area contributed by atoms with Crippen molar-refractivity contribution in [1.29, 1.82) is 0 Å². The Labute approximate surface area is 123 Å². The third-order valence-electron chi connectivity index (χ3n) is 3.02. The number of hydrogen-bond acceptors (Lipinski definition) is 4. The SMILES string of the molecule is COC(=O)CCN(CCCO)C(=O)Cc1ccc(F)cc1. The van der Waals surface area contributed by atoms with E-state index in [1.54, 1.807) is 12.1 Å². The summed E-state index contributed by atoms with van der Waals surface area (Å²) in [6, 6.07) is 5.71. The van der Waals surface area contributed by atoms with Crippen molar-refractivity contribution in [3.05, 3.63) is 35.6 Å². The lowest BCUT2D eigenvalue weighted by Gasteiger charge is -2.22. The van der Waals surface area contributed by atoms with Gasteiger partial charge in [-0.15, -0.1) is 0 Å². The number of ether oxygens (including phenoxy) is 1. The lowest BCUT2D eigenvalue weighted by atomic mass is 10.1. The molecule has 0 saturated carbocycles. The van der Waals surface area contributed by atoms with Crippen molar-refractivity contribution in [3.63, 3.8) is 0 Å². The van der Waals surface area contributed by atoms with E-state index < -0.39 is 5.97 Å². The van der Waals surface area contributed by atoms with Gasteiger partial charge in [0, 0.05) is 19.7 Å². The van der Waals surface area contributed by atoms with Gasteiger partial charge in [0.25, 0.3) is 0 Å². The van der Waals surface area contributed by atoms with Crippen LogP contribution < -0.4 is 0 Å². The molecule has 5 nitrogen and oxygen atoms in total. The molecular weight excluding hydrogens is 277 g/mol. The molecule has 0 aromatic heterocycles. The summed E-state index contributed by atoms with van der Waals surface area (Å²) in [5, 5.41) is 8.87. The van der Waals surface area contributed by atoms with Crippen LogP contribution in [0.2, 0.25) is 0 Å². The summed E-state index contributed by atoms with van der Waals surface area (Å²) in [5.74, 6) is -0.911. The summed E-state index contributed by atoms with van der Waals surface area (Å²) in [6.45, 7) is 0.582. The summed E-state index contributed by atoms with van der Waals surface area (Å²) in [7, 11) is 1.29. The zero-order valence-electron chi connectivity index (χ0n) is 12.0. The lowest BCUT2D eigenvalue weighted by molar-refractivity contribution is -0.141. The molecule has 1 amide bonds. The van der Waals surface area contributed by atoms with Crippen molar-refractivity contribution >= 4 is 11.9 Å². The maximum Gasteiger partial charge on any atom is 0.307 e. The Bertz CT molecular complexity index is 461. The lowest BCUT2D eigenvalue weighted by Crippen LogP contribution is -2.35. The highest BCUT2D eigenvalue weighted by Crippen LogP contribution is 2.07. The fourth-order valence-corrected chi connectivity index (χ4v) is 1.84. The van der Waals surface area contributed by atoms with E-state index in [-0.39, 0.29) is 37.7 Å².